The monoisotopic (exact) mass is 284 g/mol. The van der Waals surface area contributed by atoms with E-state index in [2.05, 4.69) is 24.5 Å². The Labute approximate surface area is 125 Å². The zero-order valence-electron chi connectivity index (χ0n) is 12.5. The van der Waals surface area contributed by atoms with Crippen molar-refractivity contribution in [1.29, 1.82) is 0 Å². The molecule has 2 aromatic rings. The van der Waals surface area contributed by atoms with Gasteiger partial charge in [-0.25, -0.2) is 0 Å². The van der Waals surface area contributed by atoms with Crippen LogP contribution in [0.25, 0.3) is 0 Å². The minimum atomic E-state index is -0.0862. The van der Waals surface area contributed by atoms with Gasteiger partial charge in [-0.05, 0) is 62.4 Å². The van der Waals surface area contributed by atoms with Crippen LogP contribution in [0.15, 0.2) is 48.5 Å². The van der Waals surface area contributed by atoms with Crippen LogP contribution in [0.4, 0.5) is 11.4 Å². The van der Waals surface area contributed by atoms with Gasteiger partial charge in [0.25, 0.3) is 0 Å². The number of anilines is 2. The number of carbonyl (C=O) groups is 1. The molecule has 0 saturated heterocycles. The molecule has 21 heavy (non-hydrogen) atoms. The zero-order chi connectivity index (χ0) is 15.2. The fraction of sp³-hybridized carbons (Fsp3) is 0.235. The molecule has 2 aromatic carbocycles. The second kappa shape index (κ2) is 6.79. The molecule has 0 spiro atoms. The number of carbonyl (C=O) groups excluding carboxylic acids is 1. The van der Waals surface area contributed by atoms with Crippen LogP contribution >= 0.6 is 0 Å². The Morgan fingerprint density at radius 3 is 1.81 bits per heavy atom. The minimum Gasteiger partial charge on any atom is -0.457 e. The van der Waals surface area contributed by atoms with Crippen LogP contribution < -0.4 is 15.4 Å². The van der Waals surface area contributed by atoms with E-state index >= 15 is 0 Å². The van der Waals surface area contributed by atoms with Gasteiger partial charge >= 0.3 is 0 Å². The highest BCUT2D eigenvalue weighted by atomic mass is 16.5. The van der Waals surface area contributed by atoms with Gasteiger partial charge in [0.05, 0.1) is 0 Å². The topological polar surface area (TPSA) is 50.4 Å². The van der Waals surface area contributed by atoms with Gasteiger partial charge in [-0.3, -0.25) is 4.79 Å². The van der Waals surface area contributed by atoms with E-state index in [1.165, 1.54) is 6.92 Å². The summed E-state index contributed by atoms with van der Waals surface area (Å²) in [6, 6.07) is 15.5. The van der Waals surface area contributed by atoms with Crippen molar-refractivity contribution in [3.63, 3.8) is 0 Å². The number of hydrogen-bond donors (Lipinski definition) is 2. The Morgan fingerprint density at radius 2 is 1.38 bits per heavy atom. The van der Waals surface area contributed by atoms with Gasteiger partial charge in [0.1, 0.15) is 11.5 Å². The summed E-state index contributed by atoms with van der Waals surface area (Å²) in [5.41, 5.74) is 1.82. The average Bonchev–Trinajstić information content (AvgIpc) is 2.42. The molecule has 0 aliphatic heterocycles. The number of rotatable bonds is 5. The third-order valence-electron chi connectivity index (χ3n) is 2.72. The van der Waals surface area contributed by atoms with E-state index in [0.717, 1.165) is 22.9 Å². The van der Waals surface area contributed by atoms with Crippen LogP contribution in [0.1, 0.15) is 20.8 Å². The molecular formula is C17H20N2O2. The van der Waals surface area contributed by atoms with E-state index in [0.29, 0.717) is 6.04 Å². The first-order chi connectivity index (χ1) is 10.0. The molecule has 0 saturated carbocycles. The lowest BCUT2D eigenvalue weighted by molar-refractivity contribution is -0.114. The summed E-state index contributed by atoms with van der Waals surface area (Å²) in [6.45, 7) is 5.68. The average molecular weight is 284 g/mol. The van der Waals surface area contributed by atoms with Crippen LogP contribution in [-0.4, -0.2) is 11.9 Å². The number of benzene rings is 2. The molecule has 0 heterocycles. The van der Waals surface area contributed by atoms with E-state index in [9.17, 15) is 4.79 Å². The van der Waals surface area contributed by atoms with Gasteiger partial charge in [0.15, 0.2) is 0 Å². The zero-order valence-corrected chi connectivity index (χ0v) is 12.5. The van der Waals surface area contributed by atoms with Crippen LogP contribution in [-0.2, 0) is 4.79 Å². The molecule has 0 radical (unpaired) electrons. The Hall–Kier alpha value is -2.49. The van der Waals surface area contributed by atoms with E-state index < -0.39 is 0 Å². The number of nitrogens with one attached hydrogen (secondary N) is 2. The minimum absolute atomic E-state index is 0.0862. The Bertz CT molecular complexity index is 589. The number of amides is 1. The maximum atomic E-state index is 10.9. The molecule has 1 amide bonds. The van der Waals surface area contributed by atoms with Crippen molar-refractivity contribution < 1.29 is 9.53 Å². The molecule has 0 aliphatic rings. The molecule has 0 unspecified atom stereocenters. The normalized spacial score (nSPS) is 10.3. The third-order valence-corrected chi connectivity index (χ3v) is 2.72. The lowest BCUT2D eigenvalue weighted by atomic mass is 10.2. The van der Waals surface area contributed by atoms with Crippen molar-refractivity contribution in [2.75, 3.05) is 10.6 Å². The summed E-state index contributed by atoms with van der Waals surface area (Å²) in [5, 5.41) is 6.04. The van der Waals surface area contributed by atoms with E-state index in [1.54, 1.807) is 0 Å². The van der Waals surface area contributed by atoms with Crippen molar-refractivity contribution in [3.8, 4) is 11.5 Å². The fourth-order valence-corrected chi connectivity index (χ4v) is 1.90. The number of ether oxygens (including phenoxy) is 1. The summed E-state index contributed by atoms with van der Waals surface area (Å²) in [5.74, 6) is 1.42. The summed E-state index contributed by atoms with van der Waals surface area (Å²) in [6.07, 6.45) is 0. The Balaban J connectivity index is 1.99. The summed E-state index contributed by atoms with van der Waals surface area (Å²) < 4.78 is 5.76. The quantitative estimate of drug-likeness (QED) is 0.862. The standard InChI is InChI=1S/C17H20N2O2/c1-12(2)18-14-4-8-16(9-5-14)21-17-10-6-15(7-11-17)19-13(3)20/h4-12,18H,1-3H3,(H,19,20). The summed E-state index contributed by atoms with van der Waals surface area (Å²) in [7, 11) is 0. The Morgan fingerprint density at radius 1 is 0.905 bits per heavy atom. The molecule has 0 fully saturated rings. The van der Waals surface area contributed by atoms with Crippen LogP contribution in [0.3, 0.4) is 0 Å². The van der Waals surface area contributed by atoms with Crippen LogP contribution in [0.5, 0.6) is 11.5 Å². The van der Waals surface area contributed by atoms with Gasteiger partial charge in [-0.15, -0.1) is 0 Å². The van der Waals surface area contributed by atoms with E-state index in [4.69, 9.17) is 4.74 Å². The molecule has 0 atom stereocenters. The van der Waals surface area contributed by atoms with Gasteiger partial charge < -0.3 is 15.4 Å². The van der Waals surface area contributed by atoms with Gasteiger partial charge in [-0.2, -0.15) is 0 Å². The van der Waals surface area contributed by atoms with Gasteiger partial charge in [0, 0.05) is 24.3 Å². The Kier molecular flexibility index (Phi) is 4.82. The highest BCUT2D eigenvalue weighted by molar-refractivity contribution is 5.88. The first kappa shape index (κ1) is 14.9. The molecule has 2 N–H and O–H groups in total. The van der Waals surface area contributed by atoms with Crippen LogP contribution in [0, 0.1) is 0 Å². The predicted octanol–water partition coefficient (Wildman–Crippen LogP) is 4.26. The van der Waals surface area contributed by atoms with Crippen molar-refractivity contribution >= 4 is 17.3 Å². The van der Waals surface area contributed by atoms with Gasteiger partial charge in [-0.1, -0.05) is 0 Å². The summed E-state index contributed by atoms with van der Waals surface area (Å²) >= 11 is 0. The number of hydrogen-bond acceptors (Lipinski definition) is 3. The van der Waals surface area contributed by atoms with Gasteiger partial charge in [0.2, 0.25) is 5.91 Å². The molecule has 0 aromatic heterocycles. The SMILES string of the molecule is CC(=O)Nc1ccc(Oc2ccc(NC(C)C)cc2)cc1. The maximum absolute atomic E-state index is 10.9. The second-order valence-corrected chi connectivity index (χ2v) is 5.13. The maximum Gasteiger partial charge on any atom is 0.221 e. The molecule has 4 nitrogen and oxygen atoms in total. The predicted molar refractivity (Wildman–Crippen MR) is 86.0 cm³/mol. The molecule has 2 rings (SSSR count). The summed E-state index contributed by atoms with van der Waals surface area (Å²) in [4.78, 5) is 10.9. The van der Waals surface area contributed by atoms with E-state index in [1.807, 2.05) is 48.5 Å². The third kappa shape index (κ3) is 4.84. The van der Waals surface area contributed by atoms with Crippen molar-refractivity contribution in [2.24, 2.45) is 0 Å². The lowest BCUT2D eigenvalue weighted by Crippen LogP contribution is -2.09. The van der Waals surface area contributed by atoms with Crippen LogP contribution in [0.2, 0.25) is 0 Å². The molecule has 110 valence electrons. The van der Waals surface area contributed by atoms with Crippen molar-refractivity contribution in [1.82, 2.24) is 0 Å². The molecule has 0 aliphatic carbocycles. The molecular weight excluding hydrogens is 264 g/mol. The fourth-order valence-electron chi connectivity index (χ4n) is 1.90. The van der Waals surface area contributed by atoms with E-state index in [-0.39, 0.29) is 5.91 Å². The second-order valence-electron chi connectivity index (χ2n) is 5.13. The highest BCUT2D eigenvalue weighted by Crippen LogP contribution is 2.24. The first-order valence-electron chi connectivity index (χ1n) is 6.95. The molecule has 4 heteroatoms. The largest absolute Gasteiger partial charge is 0.457 e. The van der Waals surface area contributed by atoms with Crippen molar-refractivity contribution in [2.45, 2.75) is 26.8 Å². The van der Waals surface area contributed by atoms with Crippen molar-refractivity contribution in [3.05, 3.63) is 48.5 Å². The highest BCUT2D eigenvalue weighted by Gasteiger charge is 2.00. The lowest BCUT2D eigenvalue weighted by Gasteiger charge is -2.11. The smallest absolute Gasteiger partial charge is 0.221 e. The first-order valence-corrected chi connectivity index (χ1v) is 6.95. The molecule has 0 bridgehead atoms.